The predicted molar refractivity (Wildman–Crippen MR) is 76.1 cm³/mol. The summed E-state index contributed by atoms with van der Waals surface area (Å²) in [6, 6.07) is 3.21. The van der Waals surface area contributed by atoms with Crippen LogP contribution < -0.4 is 10.1 Å². The van der Waals surface area contributed by atoms with Crippen molar-refractivity contribution in [2.45, 2.75) is 26.3 Å². The van der Waals surface area contributed by atoms with Crippen molar-refractivity contribution in [1.82, 2.24) is 4.90 Å². The number of nitrogens with zero attached hydrogens (tertiary/aromatic N) is 1. The standard InChI is InChI=1S/C14H19FN2O4/c1-14(2,3)17(8-12(18)19)13(20)16-11-7-9(21-4)5-6-10(11)15/h5-7H,8H2,1-4H3,(H,16,20)(H,18,19). The quantitative estimate of drug-likeness (QED) is 0.895. The molecule has 0 aliphatic rings. The van der Waals surface area contributed by atoms with E-state index >= 15 is 0 Å². The molecular weight excluding hydrogens is 279 g/mol. The Balaban J connectivity index is 2.99. The van der Waals surface area contributed by atoms with E-state index in [0.29, 0.717) is 5.75 Å². The van der Waals surface area contributed by atoms with Gasteiger partial charge >= 0.3 is 12.0 Å². The molecule has 0 bridgehead atoms. The van der Waals surface area contributed by atoms with Crippen LogP contribution in [0, 0.1) is 5.82 Å². The van der Waals surface area contributed by atoms with Crippen LogP contribution in [0.15, 0.2) is 18.2 Å². The van der Waals surface area contributed by atoms with Gasteiger partial charge in [0.2, 0.25) is 0 Å². The van der Waals surface area contributed by atoms with Crippen molar-refractivity contribution in [3.05, 3.63) is 24.0 Å². The van der Waals surface area contributed by atoms with Crippen LogP contribution in [0.25, 0.3) is 0 Å². The highest BCUT2D eigenvalue weighted by Gasteiger charge is 2.29. The van der Waals surface area contributed by atoms with E-state index in [4.69, 9.17) is 9.84 Å². The number of urea groups is 1. The summed E-state index contributed by atoms with van der Waals surface area (Å²) in [5.41, 5.74) is -0.795. The molecule has 0 spiro atoms. The molecule has 7 heteroatoms. The zero-order valence-corrected chi connectivity index (χ0v) is 12.4. The number of hydrogen-bond acceptors (Lipinski definition) is 3. The van der Waals surface area contributed by atoms with Crippen LogP contribution in [0.4, 0.5) is 14.9 Å². The van der Waals surface area contributed by atoms with E-state index in [-0.39, 0.29) is 5.69 Å². The molecule has 1 aromatic rings. The van der Waals surface area contributed by atoms with E-state index in [2.05, 4.69) is 5.32 Å². The number of anilines is 1. The number of hydrogen-bond donors (Lipinski definition) is 2. The Labute approximate surface area is 122 Å². The molecule has 0 saturated carbocycles. The molecule has 0 fully saturated rings. The second kappa shape index (κ2) is 6.43. The van der Waals surface area contributed by atoms with Crippen LogP contribution in [0.1, 0.15) is 20.8 Å². The molecule has 6 nitrogen and oxygen atoms in total. The number of ether oxygens (including phenoxy) is 1. The Bertz CT molecular complexity index is 540. The topological polar surface area (TPSA) is 78.9 Å². The predicted octanol–water partition coefficient (Wildman–Crippen LogP) is 2.55. The highest BCUT2D eigenvalue weighted by Crippen LogP contribution is 2.22. The zero-order valence-electron chi connectivity index (χ0n) is 12.4. The Hall–Kier alpha value is -2.31. The fraction of sp³-hybridized carbons (Fsp3) is 0.429. The highest BCUT2D eigenvalue weighted by molar-refractivity contribution is 5.92. The average Bonchev–Trinajstić information content (AvgIpc) is 2.37. The second-order valence-corrected chi connectivity index (χ2v) is 5.43. The summed E-state index contributed by atoms with van der Waals surface area (Å²) in [5.74, 6) is -1.40. The van der Waals surface area contributed by atoms with Crippen molar-refractivity contribution in [3.63, 3.8) is 0 Å². The first-order chi connectivity index (χ1) is 9.65. The summed E-state index contributed by atoms with van der Waals surface area (Å²) < 4.78 is 18.6. The largest absolute Gasteiger partial charge is 0.497 e. The molecule has 0 aliphatic carbocycles. The van der Waals surface area contributed by atoms with E-state index in [1.165, 1.54) is 19.2 Å². The average molecular weight is 298 g/mol. The lowest BCUT2D eigenvalue weighted by Crippen LogP contribution is -2.50. The van der Waals surface area contributed by atoms with Crippen LogP contribution in [-0.2, 0) is 4.79 Å². The zero-order chi connectivity index (χ0) is 16.2. The maximum atomic E-state index is 13.7. The van der Waals surface area contributed by atoms with Gasteiger partial charge < -0.3 is 20.1 Å². The lowest BCUT2D eigenvalue weighted by molar-refractivity contribution is -0.138. The van der Waals surface area contributed by atoms with Crippen LogP contribution in [0.2, 0.25) is 0 Å². The van der Waals surface area contributed by atoms with Gasteiger partial charge in [0, 0.05) is 11.6 Å². The van der Waals surface area contributed by atoms with Crippen LogP contribution >= 0.6 is 0 Å². The highest BCUT2D eigenvalue weighted by atomic mass is 19.1. The molecule has 0 saturated heterocycles. The van der Waals surface area contributed by atoms with Crippen molar-refractivity contribution in [2.75, 3.05) is 19.0 Å². The molecule has 2 N–H and O–H groups in total. The van der Waals surface area contributed by atoms with Gasteiger partial charge in [0.05, 0.1) is 12.8 Å². The fourth-order valence-electron chi connectivity index (χ4n) is 1.66. The number of halogens is 1. The number of carbonyl (C=O) groups is 2. The van der Waals surface area contributed by atoms with Gasteiger partial charge in [-0.1, -0.05) is 0 Å². The van der Waals surface area contributed by atoms with E-state index < -0.39 is 29.9 Å². The summed E-state index contributed by atoms with van der Waals surface area (Å²) >= 11 is 0. The monoisotopic (exact) mass is 298 g/mol. The molecule has 1 rings (SSSR count). The molecule has 1 aromatic carbocycles. The number of nitrogens with one attached hydrogen (secondary N) is 1. The summed E-state index contributed by atoms with van der Waals surface area (Å²) in [6.45, 7) is 4.59. The maximum absolute atomic E-state index is 13.7. The van der Waals surface area contributed by atoms with E-state index in [1.807, 2.05) is 0 Å². The van der Waals surface area contributed by atoms with Crippen molar-refractivity contribution >= 4 is 17.7 Å². The normalized spacial score (nSPS) is 10.9. The molecule has 0 atom stereocenters. The number of carbonyl (C=O) groups excluding carboxylic acids is 1. The van der Waals surface area contributed by atoms with Crippen molar-refractivity contribution in [2.24, 2.45) is 0 Å². The Morgan fingerprint density at radius 2 is 2.00 bits per heavy atom. The molecule has 0 aliphatic heterocycles. The summed E-state index contributed by atoms with van der Waals surface area (Å²) in [4.78, 5) is 24.2. The Morgan fingerprint density at radius 1 is 1.38 bits per heavy atom. The summed E-state index contributed by atoms with van der Waals surface area (Å²) in [7, 11) is 1.42. The number of aliphatic carboxylic acids is 1. The van der Waals surface area contributed by atoms with Crippen molar-refractivity contribution < 1.29 is 23.8 Å². The number of rotatable bonds is 4. The van der Waals surface area contributed by atoms with E-state index in [9.17, 15) is 14.0 Å². The van der Waals surface area contributed by atoms with Gasteiger partial charge in [0.25, 0.3) is 0 Å². The first-order valence-corrected chi connectivity index (χ1v) is 6.29. The lowest BCUT2D eigenvalue weighted by atomic mass is 10.1. The molecular formula is C14H19FN2O4. The molecule has 0 unspecified atom stereocenters. The molecule has 116 valence electrons. The minimum absolute atomic E-state index is 0.0704. The van der Waals surface area contributed by atoms with E-state index in [0.717, 1.165) is 11.0 Å². The van der Waals surface area contributed by atoms with Crippen molar-refractivity contribution in [3.8, 4) is 5.75 Å². The molecule has 0 radical (unpaired) electrons. The first kappa shape index (κ1) is 16.7. The molecule has 2 amide bonds. The van der Waals surface area contributed by atoms with Crippen LogP contribution in [0.5, 0.6) is 5.75 Å². The van der Waals surface area contributed by atoms with Gasteiger partial charge in [-0.25, -0.2) is 9.18 Å². The number of methoxy groups -OCH3 is 1. The van der Waals surface area contributed by atoms with Gasteiger partial charge in [-0.15, -0.1) is 0 Å². The second-order valence-electron chi connectivity index (χ2n) is 5.43. The number of carboxylic acid groups (broad SMARTS) is 1. The van der Waals surface area contributed by atoms with E-state index in [1.54, 1.807) is 20.8 Å². The molecule has 0 heterocycles. The van der Waals surface area contributed by atoms with Gasteiger partial charge in [0.15, 0.2) is 0 Å². The SMILES string of the molecule is COc1ccc(F)c(NC(=O)N(CC(=O)O)C(C)(C)C)c1. The third kappa shape index (κ3) is 4.62. The summed E-state index contributed by atoms with van der Waals surface area (Å²) in [5, 5.41) is 11.2. The summed E-state index contributed by atoms with van der Waals surface area (Å²) in [6.07, 6.45) is 0. The first-order valence-electron chi connectivity index (χ1n) is 6.29. The third-order valence-electron chi connectivity index (χ3n) is 2.76. The molecule has 21 heavy (non-hydrogen) atoms. The third-order valence-corrected chi connectivity index (χ3v) is 2.76. The van der Waals surface area contributed by atoms with Gasteiger partial charge in [-0.2, -0.15) is 0 Å². The fourth-order valence-corrected chi connectivity index (χ4v) is 1.66. The minimum atomic E-state index is -1.15. The smallest absolute Gasteiger partial charge is 0.323 e. The van der Waals surface area contributed by atoms with Crippen molar-refractivity contribution in [1.29, 1.82) is 0 Å². The Kier molecular flexibility index (Phi) is 5.12. The Morgan fingerprint density at radius 3 is 2.48 bits per heavy atom. The number of carboxylic acids is 1. The van der Waals surface area contributed by atoms with Gasteiger partial charge in [-0.3, -0.25) is 4.79 Å². The van der Waals surface area contributed by atoms with Gasteiger partial charge in [-0.05, 0) is 32.9 Å². The van der Waals surface area contributed by atoms with Gasteiger partial charge in [0.1, 0.15) is 18.1 Å². The number of benzene rings is 1. The van der Waals surface area contributed by atoms with Crippen LogP contribution in [0.3, 0.4) is 0 Å². The maximum Gasteiger partial charge on any atom is 0.323 e. The minimum Gasteiger partial charge on any atom is -0.497 e. The molecule has 0 aromatic heterocycles. The number of amides is 2. The lowest BCUT2D eigenvalue weighted by Gasteiger charge is -2.34. The van der Waals surface area contributed by atoms with Crippen LogP contribution in [-0.4, -0.2) is 41.2 Å².